The van der Waals surface area contributed by atoms with Crippen molar-refractivity contribution in [2.75, 3.05) is 13.1 Å². The highest BCUT2D eigenvalue weighted by Crippen LogP contribution is 2.42. The number of carbonyl (C=O) groups excluding carboxylic acids is 1. The first-order valence-electron chi connectivity index (χ1n) is 8.39. The minimum absolute atomic E-state index is 0.0760. The Kier molecular flexibility index (Phi) is 4.24. The maximum absolute atomic E-state index is 12.9. The van der Waals surface area contributed by atoms with Crippen molar-refractivity contribution in [3.63, 3.8) is 0 Å². The van der Waals surface area contributed by atoms with E-state index >= 15 is 0 Å². The minimum Gasteiger partial charge on any atom is -0.336 e. The molecule has 122 valence electrons. The van der Waals surface area contributed by atoms with Gasteiger partial charge in [0.2, 0.25) is 0 Å². The maximum atomic E-state index is 12.9. The van der Waals surface area contributed by atoms with Crippen LogP contribution in [0.5, 0.6) is 0 Å². The molecular weight excluding hydrogens is 286 g/mol. The largest absolute Gasteiger partial charge is 0.336 e. The smallest absolute Gasteiger partial charge is 0.272 e. The van der Waals surface area contributed by atoms with Gasteiger partial charge in [-0.2, -0.15) is 5.10 Å². The van der Waals surface area contributed by atoms with E-state index in [0.29, 0.717) is 11.6 Å². The molecule has 0 N–H and O–H groups in total. The molecule has 1 aliphatic heterocycles. The van der Waals surface area contributed by atoms with E-state index in [4.69, 9.17) is 0 Å². The van der Waals surface area contributed by atoms with Crippen LogP contribution in [-0.4, -0.2) is 33.7 Å². The Balaban J connectivity index is 1.82. The number of aromatic nitrogens is 2. The SMILES string of the molecule is CCCn1nccc1C(=O)N1CC(c2ccccc2)C(C)(C)C1. The van der Waals surface area contributed by atoms with E-state index in [1.807, 2.05) is 21.7 Å². The van der Waals surface area contributed by atoms with Crippen molar-refractivity contribution in [2.24, 2.45) is 5.41 Å². The van der Waals surface area contributed by atoms with Crippen LogP contribution in [0.15, 0.2) is 42.6 Å². The number of benzene rings is 1. The van der Waals surface area contributed by atoms with E-state index < -0.39 is 0 Å². The van der Waals surface area contributed by atoms with E-state index in [9.17, 15) is 4.79 Å². The molecule has 2 heterocycles. The lowest BCUT2D eigenvalue weighted by molar-refractivity contribution is 0.0765. The fourth-order valence-corrected chi connectivity index (χ4v) is 3.60. The van der Waals surface area contributed by atoms with Gasteiger partial charge in [-0.3, -0.25) is 9.48 Å². The van der Waals surface area contributed by atoms with Crippen molar-refractivity contribution in [1.29, 1.82) is 0 Å². The summed E-state index contributed by atoms with van der Waals surface area (Å²) in [5.41, 5.74) is 2.10. The normalized spacial score (nSPS) is 20.0. The summed E-state index contributed by atoms with van der Waals surface area (Å²) in [6, 6.07) is 12.4. The summed E-state index contributed by atoms with van der Waals surface area (Å²) >= 11 is 0. The Hall–Kier alpha value is -2.10. The summed E-state index contributed by atoms with van der Waals surface area (Å²) in [6.07, 6.45) is 2.69. The van der Waals surface area contributed by atoms with Crippen LogP contribution in [0, 0.1) is 5.41 Å². The van der Waals surface area contributed by atoms with Gasteiger partial charge in [0.25, 0.3) is 5.91 Å². The molecular formula is C19H25N3O. The third-order valence-corrected chi connectivity index (χ3v) is 4.80. The summed E-state index contributed by atoms with van der Waals surface area (Å²) in [4.78, 5) is 14.9. The number of amides is 1. The number of rotatable bonds is 4. The standard InChI is InChI=1S/C19H25N3O/c1-4-12-22-17(10-11-20-22)18(23)21-13-16(19(2,3)14-21)15-8-6-5-7-9-15/h5-11,16H,4,12-14H2,1-3H3. The molecule has 3 rings (SSSR count). The van der Waals surface area contributed by atoms with Gasteiger partial charge in [-0.05, 0) is 23.5 Å². The van der Waals surface area contributed by atoms with E-state index in [1.54, 1.807) is 6.20 Å². The van der Waals surface area contributed by atoms with Crippen LogP contribution in [0.3, 0.4) is 0 Å². The molecule has 0 radical (unpaired) electrons. The second-order valence-corrected chi connectivity index (χ2v) is 7.08. The molecule has 1 amide bonds. The highest BCUT2D eigenvalue weighted by atomic mass is 16.2. The number of hydrogen-bond donors (Lipinski definition) is 0. The quantitative estimate of drug-likeness (QED) is 0.866. The monoisotopic (exact) mass is 311 g/mol. The van der Waals surface area contributed by atoms with Crippen LogP contribution >= 0.6 is 0 Å². The molecule has 0 saturated carbocycles. The first-order chi connectivity index (χ1) is 11.0. The first-order valence-corrected chi connectivity index (χ1v) is 8.39. The molecule has 0 aliphatic carbocycles. The number of hydrogen-bond acceptors (Lipinski definition) is 2. The average Bonchev–Trinajstić information content (AvgIpc) is 3.12. The Labute approximate surface area is 138 Å². The molecule has 0 spiro atoms. The van der Waals surface area contributed by atoms with Gasteiger partial charge >= 0.3 is 0 Å². The van der Waals surface area contributed by atoms with Crippen molar-refractivity contribution in [1.82, 2.24) is 14.7 Å². The highest BCUT2D eigenvalue weighted by molar-refractivity contribution is 5.92. The summed E-state index contributed by atoms with van der Waals surface area (Å²) in [5, 5.41) is 4.28. The van der Waals surface area contributed by atoms with E-state index in [1.165, 1.54) is 5.56 Å². The summed E-state index contributed by atoms with van der Waals surface area (Å²) in [7, 11) is 0. The number of nitrogens with zero attached hydrogens (tertiary/aromatic N) is 3. The van der Waals surface area contributed by atoms with Crippen molar-refractivity contribution >= 4 is 5.91 Å². The fourth-order valence-electron chi connectivity index (χ4n) is 3.60. The minimum atomic E-state index is 0.0760. The summed E-state index contributed by atoms with van der Waals surface area (Å²) < 4.78 is 1.82. The van der Waals surface area contributed by atoms with Gasteiger partial charge in [0.05, 0.1) is 0 Å². The number of carbonyl (C=O) groups is 1. The topological polar surface area (TPSA) is 38.1 Å². The van der Waals surface area contributed by atoms with Gasteiger partial charge in [0.1, 0.15) is 5.69 Å². The molecule has 2 aromatic rings. The predicted molar refractivity (Wildman–Crippen MR) is 91.4 cm³/mol. The summed E-state index contributed by atoms with van der Waals surface area (Å²) in [5.74, 6) is 0.470. The average molecular weight is 311 g/mol. The van der Waals surface area contributed by atoms with E-state index in [0.717, 1.165) is 26.1 Å². The zero-order valence-electron chi connectivity index (χ0n) is 14.2. The van der Waals surface area contributed by atoms with Gasteiger partial charge < -0.3 is 4.90 Å². The van der Waals surface area contributed by atoms with Crippen LogP contribution in [0.1, 0.15) is 49.2 Å². The van der Waals surface area contributed by atoms with Crippen LogP contribution in [0.2, 0.25) is 0 Å². The van der Waals surface area contributed by atoms with Crippen molar-refractivity contribution in [3.8, 4) is 0 Å². The Morgan fingerprint density at radius 3 is 2.70 bits per heavy atom. The van der Waals surface area contributed by atoms with Gasteiger partial charge in [-0.25, -0.2) is 0 Å². The lowest BCUT2D eigenvalue weighted by Crippen LogP contribution is -2.32. The first kappa shape index (κ1) is 15.8. The molecule has 23 heavy (non-hydrogen) atoms. The number of likely N-dealkylation sites (tertiary alicyclic amines) is 1. The van der Waals surface area contributed by atoms with Crippen LogP contribution in [0.4, 0.5) is 0 Å². The highest BCUT2D eigenvalue weighted by Gasteiger charge is 2.42. The molecule has 1 unspecified atom stereocenters. The molecule has 1 aromatic heterocycles. The Morgan fingerprint density at radius 2 is 2.00 bits per heavy atom. The van der Waals surface area contributed by atoms with Crippen LogP contribution in [0.25, 0.3) is 0 Å². The molecule has 4 nitrogen and oxygen atoms in total. The molecule has 1 aromatic carbocycles. The number of aryl methyl sites for hydroxylation is 1. The van der Waals surface area contributed by atoms with E-state index in [-0.39, 0.29) is 11.3 Å². The van der Waals surface area contributed by atoms with E-state index in [2.05, 4.69) is 50.1 Å². The van der Waals surface area contributed by atoms with Gasteiger partial charge in [0, 0.05) is 31.7 Å². The van der Waals surface area contributed by atoms with Crippen molar-refractivity contribution in [2.45, 2.75) is 39.7 Å². The lowest BCUT2D eigenvalue weighted by Gasteiger charge is -2.25. The molecule has 0 bridgehead atoms. The third-order valence-electron chi connectivity index (χ3n) is 4.80. The predicted octanol–water partition coefficient (Wildman–Crippen LogP) is 3.56. The second-order valence-electron chi connectivity index (χ2n) is 7.08. The fraction of sp³-hybridized carbons (Fsp3) is 0.474. The third kappa shape index (κ3) is 3.03. The maximum Gasteiger partial charge on any atom is 0.272 e. The Morgan fingerprint density at radius 1 is 1.26 bits per heavy atom. The van der Waals surface area contributed by atoms with Crippen LogP contribution < -0.4 is 0 Å². The zero-order chi connectivity index (χ0) is 16.4. The van der Waals surface area contributed by atoms with Crippen molar-refractivity contribution in [3.05, 3.63) is 53.9 Å². The van der Waals surface area contributed by atoms with Gasteiger partial charge in [-0.1, -0.05) is 51.1 Å². The zero-order valence-corrected chi connectivity index (χ0v) is 14.2. The van der Waals surface area contributed by atoms with Crippen molar-refractivity contribution < 1.29 is 4.79 Å². The Bertz CT molecular complexity index is 675. The van der Waals surface area contributed by atoms with Crippen LogP contribution in [-0.2, 0) is 6.54 Å². The van der Waals surface area contributed by atoms with Gasteiger partial charge in [-0.15, -0.1) is 0 Å². The lowest BCUT2D eigenvalue weighted by atomic mass is 9.78. The van der Waals surface area contributed by atoms with Gasteiger partial charge in [0.15, 0.2) is 0 Å². The second kappa shape index (κ2) is 6.19. The molecule has 1 saturated heterocycles. The molecule has 1 aliphatic rings. The molecule has 1 atom stereocenters. The molecule has 4 heteroatoms. The summed E-state index contributed by atoms with van der Waals surface area (Å²) in [6.45, 7) is 8.94. The molecule has 1 fully saturated rings.